The number of rotatable bonds is 5. The average molecular weight is 417 g/mol. The molecule has 1 spiro atoms. The highest BCUT2D eigenvalue weighted by atomic mass is 16.5. The second-order valence-electron chi connectivity index (χ2n) is 8.26. The van der Waals surface area contributed by atoms with Crippen LogP contribution in [0.25, 0.3) is 0 Å². The predicted molar refractivity (Wildman–Crippen MR) is 115 cm³/mol. The first-order valence-corrected chi connectivity index (χ1v) is 10.3. The molecule has 2 bridgehead atoms. The van der Waals surface area contributed by atoms with Crippen molar-refractivity contribution in [1.82, 2.24) is 5.32 Å². The van der Waals surface area contributed by atoms with Crippen molar-refractivity contribution in [3.63, 3.8) is 0 Å². The summed E-state index contributed by atoms with van der Waals surface area (Å²) in [5, 5.41) is 5.69. The summed E-state index contributed by atoms with van der Waals surface area (Å²) in [6, 6.07) is 16.8. The molecule has 5 rings (SSSR count). The third kappa shape index (κ3) is 3.31. The van der Waals surface area contributed by atoms with Crippen molar-refractivity contribution in [2.45, 2.75) is 25.2 Å². The first-order valence-electron chi connectivity index (χ1n) is 10.3. The largest absolute Gasteiger partial charge is 0.360 e. The van der Waals surface area contributed by atoms with Gasteiger partial charge in [0.05, 0.1) is 24.5 Å². The number of ether oxygens (including phenoxy) is 1. The van der Waals surface area contributed by atoms with Crippen LogP contribution in [0.1, 0.15) is 12.5 Å². The van der Waals surface area contributed by atoms with Gasteiger partial charge in [-0.15, -0.1) is 0 Å². The summed E-state index contributed by atoms with van der Waals surface area (Å²) in [7, 11) is 0. The molecule has 0 radical (unpaired) electrons. The third-order valence-corrected chi connectivity index (χ3v) is 6.21. The smallest absolute Gasteiger partial charge is 0.234 e. The molecule has 0 aliphatic carbocycles. The molecule has 0 aromatic heterocycles. The van der Waals surface area contributed by atoms with E-state index in [2.05, 4.69) is 10.6 Å². The van der Waals surface area contributed by atoms with Crippen LogP contribution < -0.4 is 15.5 Å². The van der Waals surface area contributed by atoms with Crippen molar-refractivity contribution in [3.8, 4) is 0 Å². The van der Waals surface area contributed by atoms with Gasteiger partial charge in [0.2, 0.25) is 17.7 Å². The molecule has 0 unspecified atom stereocenters. The summed E-state index contributed by atoms with van der Waals surface area (Å²) in [4.78, 5) is 39.3. The zero-order valence-electron chi connectivity index (χ0n) is 17.1. The van der Waals surface area contributed by atoms with Crippen LogP contribution in [0.2, 0.25) is 0 Å². The van der Waals surface area contributed by atoms with E-state index in [-0.39, 0.29) is 23.8 Å². The van der Waals surface area contributed by atoms with Gasteiger partial charge in [-0.05, 0) is 29.8 Å². The van der Waals surface area contributed by atoms with Crippen molar-refractivity contribution in [3.05, 3.63) is 72.3 Å². The Bertz CT molecular complexity index is 1070. The van der Waals surface area contributed by atoms with Gasteiger partial charge in [0.15, 0.2) is 0 Å². The van der Waals surface area contributed by atoms with Crippen LogP contribution in [0, 0.1) is 11.8 Å². The summed E-state index contributed by atoms with van der Waals surface area (Å²) in [6.07, 6.45) is 3.46. The molecule has 3 heterocycles. The summed E-state index contributed by atoms with van der Waals surface area (Å²) in [5.41, 5.74) is 1.61. The van der Waals surface area contributed by atoms with Gasteiger partial charge in [-0.1, -0.05) is 42.5 Å². The van der Waals surface area contributed by atoms with Crippen molar-refractivity contribution < 1.29 is 19.1 Å². The van der Waals surface area contributed by atoms with Crippen molar-refractivity contribution in [2.75, 3.05) is 16.8 Å². The Morgan fingerprint density at radius 2 is 1.87 bits per heavy atom. The minimum atomic E-state index is -0.771. The Morgan fingerprint density at radius 3 is 2.58 bits per heavy atom. The van der Waals surface area contributed by atoms with E-state index in [1.807, 2.05) is 42.5 Å². The zero-order chi connectivity index (χ0) is 21.6. The Balaban J connectivity index is 1.34. The summed E-state index contributed by atoms with van der Waals surface area (Å²) >= 11 is 0. The van der Waals surface area contributed by atoms with Gasteiger partial charge in [0.25, 0.3) is 0 Å². The number of benzene rings is 2. The molecule has 3 amide bonds. The molecule has 2 saturated heterocycles. The van der Waals surface area contributed by atoms with E-state index >= 15 is 0 Å². The van der Waals surface area contributed by atoms with Gasteiger partial charge in [0, 0.05) is 24.8 Å². The number of nitrogens with zero attached hydrogens (tertiary/aromatic N) is 1. The number of fused-ring (bicyclic) bond motifs is 1. The normalized spacial score (nSPS) is 28.0. The first kappa shape index (κ1) is 19.5. The van der Waals surface area contributed by atoms with Gasteiger partial charge in [-0.3, -0.25) is 14.4 Å². The Labute approximate surface area is 180 Å². The van der Waals surface area contributed by atoms with Crippen LogP contribution in [0.15, 0.2) is 66.7 Å². The lowest BCUT2D eigenvalue weighted by atomic mass is 9.77. The maximum absolute atomic E-state index is 13.4. The lowest BCUT2D eigenvalue weighted by Gasteiger charge is -2.23. The van der Waals surface area contributed by atoms with Crippen molar-refractivity contribution in [1.29, 1.82) is 0 Å². The Morgan fingerprint density at radius 1 is 1.13 bits per heavy atom. The van der Waals surface area contributed by atoms with E-state index in [4.69, 9.17) is 4.74 Å². The van der Waals surface area contributed by atoms with Gasteiger partial charge in [-0.25, -0.2) is 0 Å². The molecule has 2 aromatic carbocycles. The SMILES string of the molecule is CC(=O)Nc1ccc(N2C[C@@]34C=C[C@@H](O3)[C@@H](C(=O)NCc3ccccc3)[C@@H]4C2=O)cc1. The summed E-state index contributed by atoms with van der Waals surface area (Å²) in [6.45, 7) is 2.22. The minimum Gasteiger partial charge on any atom is -0.360 e. The molecule has 7 nitrogen and oxygen atoms in total. The standard InChI is InChI=1S/C24H23N3O4/c1-15(28)26-17-7-9-18(10-8-17)27-14-24-12-11-19(31-24)20(21(24)23(27)30)22(29)25-13-16-5-3-2-4-6-16/h2-12,19-21H,13-14H2,1H3,(H,25,29)(H,26,28)/t19-,20-,21-,24-/m1/s1. The fourth-order valence-electron chi connectivity index (χ4n) is 4.85. The van der Waals surface area contributed by atoms with Crippen LogP contribution >= 0.6 is 0 Å². The number of carbonyl (C=O) groups excluding carboxylic acids is 3. The van der Waals surface area contributed by atoms with E-state index in [0.717, 1.165) is 5.56 Å². The predicted octanol–water partition coefficient (Wildman–Crippen LogP) is 2.25. The molecule has 3 aliphatic heterocycles. The Kier molecular flexibility index (Phi) is 4.63. The molecule has 4 atom stereocenters. The lowest BCUT2D eigenvalue weighted by molar-refractivity contribution is -0.132. The van der Waals surface area contributed by atoms with Gasteiger partial charge in [-0.2, -0.15) is 0 Å². The topological polar surface area (TPSA) is 87.7 Å². The monoisotopic (exact) mass is 417 g/mol. The van der Waals surface area contributed by atoms with E-state index in [1.165, 1.54) is 6.92 Å². The fourth-order valence-corrected chi connectivity index (χ4v) is 4.85. The van der Waals surface area contributed by atoms with Crippen LogP contribution in [-0.2, 0) is 25.7 Å². The summed E-state index contributed by atoms with van der Waals surface area (Å²) in [5.74, 6) is -1.53. The van der Waals surface area contributed by atoms with E-state index in [9.17, 15) is 14.4 Å². The molecule has 0 saturated carbocycles. The highest BCUT2D eigenvalue weighted by molar-refractivity contribution is 6.03. The van der Waals surface area contributed by atoms with Crippen molar-refractivity contribution >= 4 is 29.1 Å². The number of anilines is 2. The van der Waals surface area contributed by atoms with Crippen LogP contribution in [-0.4, -0.2) is 36.0 Å². The second-order valence-corrected chi connectivity index (χ2v) is 8.26. The first-order chi connectivity index (χ1) is 15.0. The van der Waals surface area contributed by atoms with Gasteiger partial charge >= 0.3 is 0 Å². The maximum atomic E-state index is 13.4. The number of hydrogen-bond acceptors (Lipinski definition) is 4. The van der Waals surface area contributed by atoms with E-state index in [1.54, 1.807) is 29.2 Å². The molecule has 2 fully saturated rings. The molecule has 7 heteroatoms. The molecule has 158 valence electrons. The Hall–Kier alpha value is -3.45. The lowest BCUT2D eigenvalue weighted by Crippen LogP contribution is -2.43. The average Bonchev–Trinajstić information content (AvgIpc) is 3.41. The molecular formula is C24H23N3O4. The summed E-state index contributed by atoms with van der Waals surface area (Å²) < 4.78 is 6.18. The maximum Gasteiger partial charge on any atom is 0.234 e. The highest BCUT2D eigenvalue weighted by Gasteiger charge is 2.67. The molecule has 2 aromatic rings. The van der Waals surface area contributed by atoms with E-state index in [0.29, 0.717) is 24.5 Å². The minimum absolute atomic E-state index is 0.112. The quantitative estimate of drug-likeness (QED) is 0.731. The van der Waals surface area contributed by atoms with Crippen LogP contribution in [0.5, 0.6) is 0 Å². The molecule has 31 heavy (non-hydrogen) atoms. The van der Waals surface area contributed by atoms with Crippen LogP contribution in [0.3, 0.4) is 0 Å². The van der Waals surface area contributed by atoms with Crippen molar-refractivity contribution in [2.24, 2.45) is 11.8 Å². The number of amides is 3. The van der Waals surface area contributed by atoms with Crippen LogP contribution in [0.4, 0.5) is 11.4 Å². The highest BCUT2D eigenvalue weighted by Crippen LogP contribution is 2.52. The third-order valence-electron chi connectivity index (χ3n) is 6.21. The molecule has 2 N–H and O–H groups in total. The number of hydrogen-bond donors (Lipinski definition) is 2. The number of nitrogens with one attached hydrogen (secondary N) is 2. The fraction of sp³-hybridized carbons (Fsp3) is 0.292. The van der Waals surface area contributed by atoms with Gasteiger partial charge < -0.3 is 20.3 Å². The number of carbonyl (C=O) groups is 3. The molecule has 3 aliphatic rings. The molecular weight excluding hydrogens is 394 g/mol. The van der Waals surface area contributed by atoms with E-state index < -0.39 is 17.4 Å². The zero-order valence-corrected chi connectivity index (χ0v) is 17.1. The van der Waals surface area contributed by atoms with Gasteiger partial charge in [0.1, 0.15) is 5.60 Å². The second kappa shape index (κ2) is 7.35.